The summed E-state index contributed by atoms with van der Waals surface area (Å²) in [4.78, 5) is 14.9. The number of pyridine rings is 1. The van der Waals surface area contributed by atoms with E-state index in [-0.39, 0.29) is 0 Å². The second-order valence-corrected chi connectivity index (χ2v) is 3.28. The quantitative estimate of drug-likeness (QED) is 0.717. The Morgan fingerprint density at radius 3 is 3.17 bits per heavy atom. The molecule has 0 aliphatic heterocycles. The third kappa shape index (κ3) is 0.967. The molecule has 1 amide bonds. The lowest BCUT2D eigenvalue weighted by Gasteiger charge is -1.89. The Hall–Kier alpha value is -1.42. The summed E-state index contributed by atoms with van der Waals surface area (Å²) < 4.78 is 0.992. The van der Waals surface area contributed by atoms with Crippen LogP contribution < -0.4 is 5.73 Å². The van der Waals surface area contributed by atoms with Crippen LogP contribution in [-0.4, -0.2) is 10.9 Å². The van der Waals surface area contributed by atoms with Gasteiger partial charge in [-0.25, -0.2) is 0 Å². The Bertz CT molecular complexity index is 435. The number of amides is 1. The normalized spacial score (nSPS) is 10.3. The highest BCUT2D eigenvalue weighted by molar-refractivity contribution is 7.17. The van der Waals surface area contributed by atoms with Crippen molar-refractivity contribution in [2.75, 3.05) is 0 Å². The van der Waals surface area contributed by atoms with Crippen LogP contribution >= 0.6 is 11.3 Å². The van der Waals surface area contributed by atoms with Gasteiger partial charge in [-0.3, -0.25) is 9.78 Å². The maximum atomic E-state index is 10.9. The van der Waals surface area contributed by atoms with E-state index in [9.17, 15) is 4.79 Å². The molecule has 2 rings (SSSR count). The van der Waals surface area contributed by atoms with E-state index in [1.807, 2.05) is 12.1 Å². The number of nitrogens with two attached hydrogens (primary N) is 1. The van der Waals surface area contributed by atoms with Crippen molar-refractivity contribution in [2.24, 2.45) is 5.73 Å². The van der Waals surface area contributed by atoms with E-state index >= 15 is 0 Å². The van der Waals surface area contributed by atoms with Crippen molar-refractivity contribution < 1.29 is 4.79 Å². The van der Waals surface area contributed by atoms with Crippen LogP contribution in [0.25, 0.3) is 10.2 Å². The minimum atomic E-state index is -0.417. The molecule has 2 aromatic heterocycles. The largest absolute Gasteiger partial charge is 0.366 e. The first-order valence-electron chi connectivity index (χ1n) is 3.41. The van der Waals surface area contributed by atoms with E-state index in [2.05, 4.69) is 4.98 Å². The lowest BCUT2D eigenvalue weighted by molar-refractivity contribution is 0.100. The van der Waals surface area contributed by atoms with Gasteiger partial charge in [-0.2, -0.15) is 0 Å². The number of thiophene rings is 1. The Kier molecular flexibility index (Phi) is 1.55. The van der Waals surface area contributed by atoms with Crippen molar-refractivity contribution in [1.29, 1.82) is 0 Å². The van der Waals surface area contributed by atoms with Crippen molar-refractivity contribution >= 4 is 27.5 Å². The van der Waals surface area contributed by atoms with Crippen LogP contribution in [0.2, 0.25) is 0 Å². The second kappa shape index (κ2) is 2.57. The van der Waals surface area contributed by atoms with Gasteiger partial charge in [-0.1, -0.05) is 0 Å². The molecule has 0 saturated carbocycles. The SMILES string of the molecule is NC(=O)c1csc2cccnc12. The topological polar surface area (TPSA) is 56.0 Å². The molecule has 2 N–H and O–H groups in total. The van der Waals surface area contributed by atoms with Crippen molar-refractivity contribution in [3.63, 3.8) is 0 Å². The van der Waals surface area contributed by atoms with E-state index in [4.69, 9.17) is 5.73 Å². The Labute approximate surface area is 72.8 Å². The number of nitrogens with zero attached hydrogens (tertiary/aromatic N) is 1. The smallest absolute Gasteiger partial charge is 0.251 e. The number of primary amides is 1. The summed E-state index contributed by atoms with van der Waals surface area (Å²) in [5.74, 6) is -0.417. The molecule has 4 heteroatoms. The number of carbonyl (C=O) groups is 1. The number of carbonyl (C=O) groups excluding carboxylic acids is 1. The predicted molar refractivity (Wildman–Crippen MR) is 48.1 cm³/mol. The Morgan fingerprint density at radius 1 is 1.58 bits per heavy atom. The van der Waals surface area contributed by atoms with Crippen LogP contribution in [-0.2, 0) is 0 Å². The molecular formula is C8H6N2OS. The molecule has 3 nitrogen and oxygen atoms in total. The summed E-state index contributed by atoms with van der Waals surface area (Å²) in [6, 6.07) is 3.75. The molecule has 0 aromatic carbocycles. The van der Waals surface area contributed by atoms with Crippen LogP contribution in [0, 0.1) is 0 Å². The first-order valence-corrected chi connectivity index (χ1v) is 4.29. The second-order valence-electron chi connectivity index (χ2n) is 2.36. The summed E-state index contributed by atoms with van der Waals surface area (Å²) in [5.41, 5.74) is 6.37. The zero-order valence-electron chi connectivity index (χ0n) is 6.15. The molecule has 0 radical (unpaired) electrons. The zero-order chi connectivity index (χ0) is 8.55. The van der Waals surface area contributed by atoms with Gasteiger partial charge in [0.2, 0.25) is 0 Å². The van der Waals surface area contributed by atoms with Gasteiger partial charge < -0.3 is 5.73 Å². The average molecular weight is 178 g/mol. The number of hydrogen-bond donors (Lipinski definition) is 1. The highest BCUT2D eigenvalue weighted by atomic mass is 32.1. The van der Waals surface area contributed by atoms with Gasteiger partial charge in [0.1, 0.15) is 0 Å². The molecule has 2 heterocycles. The van der Waals surface area contributed by atoms with E-state index in [0.29, 0.717) is 11.1 Å². The molecule has 0 atom stereocenters. The van der Waals surface area contributed by atoms with E-state index in [1.165, 1.54) is 11.3 Å². The average Bonchev–Trinajstić information content (AvgIpc) is 2.47. The van der Waals surface area contributed by atoms with Crippen LogP contribution in [0.15, 0.2) is 23.7 Å². The molecule has 0 fully saturated rings. The molecule has 60 valence electrons. The summed E-state index contributed by atoms with van der Waals surface area (Å²) in [5, 5.41) is 1.74. The van der Waals surface area contributed by atoms with Crippen molar-refractivity contribution in [3.8, 4) is 0 Å². The monoisotopic (exact) mass is 178 g/mol. The first kappa shape index (κ1) is 7.24. The first-order chi connectivity index (χ1) is 5.79. The highest BCUT2D eigenvalue weighted by Crippen LogP contribution is 2.22. The third-order valence-electron chi connectivity index (χ3n) is 1.60. The molecule has 0 unspecified atom stereocenters. The fraction of sp³-hybridized carbons (Fsp3) is 0. The maximum Gasteiger partial charge on any atom is 0.251 e. The van der Waals surface area contributed by atoms with Gasteiger partial charge in [0.05, 0.1) is 15.8 Å². The Morgan fingerprint density at radius 2 is 2.42 bits per heavy atom. The maximum absolute atomic E-state index is 10.9. The van der Waals surface area contributed by atoms with E-state index in [0.717, 1.165) is 4.70 Å². The fourth-order valence-corrected chi connectivity index (χ4v) is 1.94. The molecule has 12 heavy (non-hydrogen) atoms. The molecule has 0 aliphatic rings. The molecule has 0 aliphatic carbocycles. The molecular weight excluding hydrogens is 172 g/mol. The van der Waals surface area contributed by atoms with Crippen molar-refractivity contribution in [1.82, 2.24) is 4.98 Å². The van der Waals surface area contributed by atoms with E-state index in [1.54, 1.807) is 11.6 Å². The lowest BCUT2D eigenvalue weighted by Crippen LogP contribution is -2.10. The summed E-state index contributed by atoms with van der Waals surface area (Å²) in [6.45, 7) is 0. The summed E-state index contributed by atoms with van der Waals surface area (Å²) in [7, 11) is 0. The van der Waals surface area contributed by atoms with Crippen LogP contribution in [0.3, 0.4) is 0 Å². The van der Waals surface area contributed by atoms with Gasteiger partial charge in [0.25, 0.3) is 5.91 Å². The minimum Gasteiger partial charge on any atom is -0.366 e. The number of fused-ring (bicyclic) bond motifs is 1. The fourth-order valence-electron chi connectivity index (χ4n) is 1.04. The minimum absolute atomic E-state index is 0.417. The molecule has 2 aromatic rings. The standard InChI is InChI=1S/C8H6N2OS/c9-8(11)5-4-12-6-2-1-3-10-7(5)6/h1-4H,(H2,9,11). The zero-order valence-corrected chi connectivity index (χ0v) is 6.97. The number of aromatic nitrogens is 1. The van der Waals surface area contributed by atoms with Gasteiger partial charge in [-0.05, 0) is 12.1 Å². The molecule has 0 spiro atoms. The van der Waals surface area contributed by atoms with Crippen LogP contribution in [0.1, 0.15) is 10.4 Å². The molecule has 0 bridgehead atoms. The predicted octanol–water partition coefficient (Wildman–Crippen LogP) is 1.40. The number of rotatable bonds is 1. The van der Waals surface area contributed by atoms with Crippen molar-refractivity contribution in [2.45, 2.75) is 0 Å². The molecule has 0 saturated heterocycles. The summed E-state index contributed by atoms with van der Waals surface area (Å²) in [6.07, 6.45) is 1.65. The Balaban J connectivity index is 2.79. The van der Waals surface area contributed by atoms with Gasteiger partial charge in [-0.15, -0.1) is 11.3 Å². The van der Waals surface area contributed by atoms with Gasteiger partial charge in [0.15, 0.2) is 0 Å². The summed E-state index contributed by atoms with van der Waals surface area (Å²) >= 11 is 1.48. The third-order valence-corrected chi connectivity index (χ3v) is 2.53. The van der Waals surface area contributed by atoms with Crippen LogP contribution in [0.5, 0.6) is 0 Å². The lowest BCUT2D eigenvalue weighted by atomic mass is 10.2. The van der Waals surface area contributed by atoms with Crippen LogP contribution in [0.4, 0.5) is 0 Å². The van der Waals surface area contributed by atoms with Gasteiger partial charge in [0, 0.05) is 11.6 Å². The highest BCUT2D eigenvalue weighted by Gasteiger charge is 2.08. The number of hydrogen-bond acceptors (Lipinski definition) is 3. The van der Waals surface area contributed by atoms with Gasteiger partial charge >= 0.3 is 0 Å². The van der Waals surface area contributed by atoms with E-state index < -0.39 is 5.91 Å². The van der Waals surface area contributed by atoms with Crippen molar-refractivity contribution in [3.05, 3.63) is 29.3 Å².